The van der Waals surface area contributed by atoms with Crippen molar-refractivity contribution in [3.63, 3.8) is 0 Å². The Balaban J connectivity index is 0.00000300. The van der Waals surface area contributed by atoms with E-state index in [4.69, 9.17) is 4.74 Å². The summed E-state index contributed by atoms with van der Waals surface area (Å²) < 4.78 is 34.6. The van der Waals surface area contributed by atoms with Gasteiger partial charge in [-0.05, 0) is 49.9 Å². The van der Waals surface area contributed by atoms with Crippen molar-refractivity contribution in [2.45, 2.75) is 38.8 Å². The number of nitrogens with zero attached hydrogens (tertiary/aromatic N) is 4. The first-order valence-electron chi connectivity index (χ1n) is 9.45. The molecule has 1 aromatic heterocycles. The molecular weight excluding hydrogens is 493 g/mol. The normalized spacial score (nSPS) is 16.6. The molecule has 7 nitrogen and oxygen atoms in total. The molecule has 2 heterocycles. The zero-order valence-corrected chi connectivity index (χ0v) is 19.0. The highest BCUT2D eigenvalue weighted by atomic mass is 127. The number of aryl methyl sites for hydroxylation is 1. The van der Waals surface area contributed by atoms with Crippen LogP contribution in [0.1, 0.15) is 30.1 Å². The van der Waals surface area contributed by atoms with E-state index in [-0.39, 0.29) is 30.1 Å². The third kappa shape index (κ3) is 6.88. The predicted molar refractivity (Wildman–Crippen MR) is 117 cm³/mol. The van der Waals surface area contributed by atoms with E-state index < -0.39 is 11.6 Å². The minimum Gasteiger partial charge on any atom is -0.376 e. The molecule has 0 radical (unpaired) electrons. The molecule has 10 heteroatoms. The number of guanidine groups is 1. The molecule has 1 saturated heterocycles. The van der Waals surface area contributed by atoms with Crippen LogP contribution in [0.2, 0.25) is 0 Å². The topological polar surface area (TPSA) is 76.4 Å². The van der Waals surface area contributed by atoms with Gasteiger partial charge in [0.2, 0.25) is 0 Å². The van der Waals surface area contributed by atoms with E-state index >= 15 is 0 Å². The maximum absolute atomic E-state index is 13.8. The molecule has 0 saturated carbocycles. The zero-order valence-electron chi connectivity index (χ0n) is 16.6. The molecule has 2 N–H and O–H groups in total. The second-order valence-electron chi connectivity index (χ2n) is 6.82. The number of nitrogens with one attached hydrogen (secondary N) is 2. The van der Waals surface area contributed by atoms with Crippen molar-refractivity contribution in [3.8, 4) is 0 Å². The third-order valence-corrected chi connectivity index (χ3v) is 4.78. The van der Waals surface area contributed by atoms with Gasteiger partial charge in [-0.1, -0.05) is 0 Å². The van der Waals surface area contributed by atoms with Crippen molar-refractivity contribution in [1.82, 2.24) is 25.4 Å². The summed E-state index contributed by atoms with van der Waals surface area (Å²) in [5, 5.41) is 14.6. The summed E-state index contributed by atoms with van der Waals surface area (Å²) in [6.45, 7) is 4.06. The van der Waals surface area contributed by atoms with E-state index in [9.17, 15) is 8.78 Å². The predicted octanol–water partition coefficient (Wildman–Crippen LogP) is 2.48. The molecule has 1 fully saturated rings. The van der Waals surface area contributed by atoms with Crippen molar-refractivity contribution >= 4 is 29.9 Å². The maximum Gasteiger partial charge on any atom is 0.191 e. The van der Waals surface area contributed by atoms with Gasteiger partial charge in [0.05, 0.1) is 6.10 Å². The zero-order chi connectivity index (χ0) is 19.9. The Morgan fingerprint density at radius 1 is 1.31 bits per heavy atom. The lowest BCUT2D eigenvalue weighted by molar-refractivity contribution is 0.114. The van der Waals surface area contributed by atoms with Crippen LogP contribution in [-0.4, -0.2) is 46.5 Å². The van der Waals surface area contributed by atoms with Gasteiger partial charge in [-0.15, -0.1) is 34.2 Å². The first kappa shape index (κ1) is 23.5. The Kier molecular flexibility index (Phi) is 9.21. The van der Waals surface area contributed by atoms with Crippen LogP contribution in [0.5, 0.6) is 0 Å². The summed E-state index contributed by atoms with van der Waals surface area (Å²) in [6, 6.07) is 3.48. The van der Waals surface area contributed by atoms with E-state index in [0.717, 1.165) is 43.2 Å². The minimum absolute atomic E-state index is 0. The minimum atomic E-state index is -0.445. The van der Waals surface area contributed by atoms with Gasteiger partial charge in [0, 0.05) is 26.7 Å². The Hall–Kier alpha value is -1.82. The number of aliphatic imine (C=N–C) groups is 1. The van der Waals surface area contributed by atoms with Crippen LogP contribution in [0.15, 0.2) is 23.2 Å². The van der Waals surface area contributed by atoms with Gasteiger partial charge in [-0.25, -0.2) is 13.8 Å². The smallest absolute Gasteiger partial charge is 0.191 e. The maximum atomic E-state index is 13.8. The fraction of sp³-hybridized carbons (Fsp3) is 0.526. The number of halogens is 3. The Morgan fingerprint density at radius 3 is 2.83 bits per heavy atom. The van der Waals surface area contributed by atoms with Crippen molar-refractivity contribution in [2.24, 2.45) is 12.0 Å². The second kappa shape index (κ2) is 11.4. The van der Waals surface area contributed by atoms with Crippen LogP contribution >= 0.6 is 24.0 Å². The van der Waals surface area contributed by atoms with Gasteiger partial charge < -0.3 is 19.9 Å². The van der Waals surface area contributed by atoms with E-state index in [0.29, 0.717) is 37.6 Å². The SMILES string of the molecule is Cc1nnc(CN=C(NCCc2cc(F)ccc2F)NCC2CCCO2)n1C.I. The van der Waals surface area contributed by atoms with Gasteiger partial charge in [0.15, 0.2) is 11.8 Å². The summed E-state index contributed by atoms with van der Waals surface area (Å²) >= 11 is 0. The highest BCUT2D eigenvalue weighted by Gasteiger charge is 2.16. The van der Waals surface area contributed by atoms with Crippen LogP contribution in [0, 0.1) is 18.6 Å². The molecule has 29 heavy (non-hydrogen) atoms. The van der Waals surface area contributed by atoms with Gasteiger partial charge in [-0.3, -0.25) is 0 Å². The second-order valence-corrected chi connectivity index (χ2v) is 6.82. The molecule has 0 bridgehead atoms. The standard InChI is InChI=1S/C19H26F2N6O.HI/c1-13-25-26-18(27(13)2)12-24-19(23-11-16-4-3-9-28-16)22-8-7-14-10-15(20)5-6-17(14)21;/h5-6,10,16H,3-4,7-9,11-12H2,1-2H3,(H2,22,23,24);1H. The fourth-order valence-electron chi connectivity index (χ4n) is 2.98. The fourth-order valence-corrected chi connectivity index (χ4v) is 2.98. The van der Waals surface area contributed by atoms with E-state index in [2.05, 4.69) is 25.8 Å². The quantitative estimate of drug-likeness (QED) is 0.334. The average molecular weight is 520 g/mol. The molecule has 0 aliphatic carbocycles. The van der Waals surface area contributed by atoms with Crippen LogP contribution < -0.4 is 10.6 Å². The van der Waals surface area contributed by atoms with Gasteiger partial charge in [-0.2, -0.15) is 0 Å². The number of aromatic nitrogens is 3. The van der Waals surface area contributed by atoms with Crippen LogP contribution in [-0.2, 0) is 24.8 Å². The van der Waals surface area contributed by atoms with Crippen LogP contribution in [0.4, 0.5) is 8.78 Å². The monoisotopic (exact) mass is 520 g/mol. The number of hydrogen-bond donors (Lipinski definition) is 2. The van der Waals surface area contributed by atoms with Crippen molar-refractivity contribution in [3.05, 3.63) is 47.0 Å². The molecule has 1 aromatic carbocycles. The molecule has 1 unspecified atom stereocenters. The van der Waals surface area contributed by atoms with Gasteiger partial charge in [0.25, 0.3) is 0 Å². The summed E-state index contributed by atoms with van der Waals surface area (Å²) in [7, 11) is 1.89. The summed E-state index contributed by atoms with van der Waals surface area (Å²) in [4.78, 5) is 4.55. The molecule has 1 aliphatic rings. The lowest BCUT2D eigenvalue weighted by Crippen LogP contribution is -2.42. The van der Waals surface area contributed by atoms with E-state index in [1.807, 2.05) is 18.5 Å². The van der Waals surface area contributed by atoms with E-state index in [1.54, 1.807) is 0 Å². The number of hydrogen-bond acceptors (Lipinski definition) is 4. The molecule has 0 spiro atoms. The number of ether oxygens (including phenoxy) is 1. The lowest BCUT2D eigenvalue weighted by Gasteiger charge is -2.16. The molecule has 1 atom stereocenters. The van der Waals surface area contributed by atoms with E-state index in [1.165, 1.54) is 6.07 Å². The third-order valence-electron chi connectivity index (χ3n) is 4.78. The van der Waals surface area contributed by atoms with Gasteiger partial charge >= 0.3 is 0 Å². The Bertz CT molecular complexity index is 823. The molecule has 160 valence electrons. The van der Waals surface area contributed by atoms with Gasteiger partial charge in [0.1, 0.15) is 24.0 Å². The summed E-state index contributed by atoms with van der Waals surface area (Å²) in [5.74, 6) is 1.27. The number of benzene rings is 1. The molecule has 1 aliphatic heterocycles. The van der Waals surface area contributed by atoms with Crippen LogP contribution in [0.25, 0.3) is 0 Å². The lowest BCUT2D eigenvalue weighted by atomic mass is 10.1. The average Bonchev–Trinajstić information content (AvgIpc) is 3.31. The van der Waals surface area contributed by atoms with Crippen molar-refractivity contribution < 1.29 is 13.5 Å². The summed E-state index contributed by atoms with van der Waals surface area (Å²) in [5.41, 5.74) is 0.329. The largest absolute Gasteiger partial charge is 0.376 e. The molecule has 2 aromatic rings. The highest BCUT2D eigenvalue weighted by molar-refractivity contribution is 14.0. The van der Waals surface area contributed by atoms with Crippen LogP contribution in [0.3, 0.4) is 0 Å². The first-order chi connectivity index (χ1) is 13.5. The number of rotatable bonds is 7. The summed E-state index contributed by atoms with van der Waals surface area (Å²) in [6.07, 6.45) is 2.57. The first-order valence-corrected chi connectivity index (χ1v) is 9.45. The Morgan fingerprint density at radius 2 is 2.14 bits per heavy atom. The molecule has 3 rings (SSSR count). The Labute approximate surface area is 186 Å². The van der Waals surface area contributed by atoms with Crippen molar-refractivity contribution in [1.29, 1.82) is 0 Å². The highest BCUT2D eigenvalue weighted by Crippen LogP contribution is 2.11. The van der Waals surface area contributed by atoms with Crippen molar-refractivity contribution in [2.75, 3.05) is 19.7 Å². The molecule has 0 amide bonds. The molecular formula is C19H27F2IN6O.